The molecule has 1 amide bonds. The fraction of sp³-hybridized carbons (Fsp3) is 0.500. The number of benzene rings is 1. The van der Waals surface area contributed by atoms with Gasteiger partial charge in [-0.05, 0) is 39.1 Å². The Kier molecular flexibility index (Phi) is 9.87. The molecule has 0 aromatic heterocycles. The summed E-state index contributed by atoms with van der Waals surface area (Å²) >= 11 is 0. The molecule has 0 unspecified atom stereocenters. The van der Waals surface area contributed by atoms with Crippen LogP contribution >= 0.6 is 24.8 Å². The summed E-state index contributed by atoms with van der Waals surface area (Å²) in [4.78, 5) is 13.8. The Morgan fingerprint density at radius 1 is 1.25 bits per heavy atom. The third kappa shape index (κ3) is 7.70. The van der Waals surface area contributed by atoms with Crippen molar-refractivity contribution in [1.29, 1.82) is 0 Å². The molecule has 3 N–H and O–H groups in total. The first kappa shape index (κ1) is 21.5. The van der Waals surface area contributed by atoms with Crippen LogP contribution < -0.4 is 11.1 Å². The normalized spacial score (nSPS) is 10.5. The summed E-state index contributed by atoms with van der Waals surface area (Å²) in [5.74, 6) is -0.138. The zero-order valence-corrected chi connectivity index (χ0v) is 14.1. The molecule has 0 spiro atoms. The second-order valence-electron chi connectivity index (χ2n) is 5.46. The summed E-state index contributed by atoms with van der Waals surface area (Å²) in [6.07, 6.45) is 0. The number of hydrogen-bond donors (Lipinski definition) is 2. The SMILES string of the molecule is CN(C)Cc1cccc(CNC(=O)C(C)(C)N)c1.Cl.Cl. The van der Waals surface area contributed by atoms with Gasteiger partial charge >= 0.3 is 0 Å². The highest BCUT2D eigenvalue weighted by atomic mass is 35.5. The molecule has 0 fully saturated rings. The van der Waals surface area contributed by atoms with Gasteiger partial charge in [0.15, 0.2) is 0 Å². The number of carbonyl (C=O) groups excluding carboxylic acids is 1. The van der Waals surface area contributed by atoms with Gasteiger partial charge in [0.2, 0.25) is 5.91 Å². The van der Waals surface area contributed by atoms with E-state index in [0.29, 0.717) is 6.54 Å². The van der Waals surface area contributed by atoms with E-state index in [1.54, 1.807) is 13.8 Å². The molecule has 0 bridgehead atoms. The van der Waals surface area contributed by atoms with Crippen LogP contribution in [0.1, 0.15) is 25.0 Å². The van der Waals surface area contributed by atoms with Crippen molar-refractivity contribution in [3.63, 3.8) is 0 Å². The molecule has 1 aromatic carbocycles. The van der Waals surface area contributed by atoms with Crippen LogP contribution in [0.5, 0.6) is 0 Å². The van der Waals surface area contributed by atoms with Crippen LogP contribution in [0, 0.1) is 0 Å². The molecule has 20 heavy (non-hydrogen) atoms. The maximum atomic E-state index is 11.7. The van der Waals surface area contributed by atoms with E-state index in [0.717, 1.165) is 12.1 Å². The van der Waals surface area contributed by atoms with Crippen molar-refractivity contribution in [2.24, 2.45) is 5.73 Å². The Morgan fingerprint density at radius 2 is 1.80 bits per heavy atom. The second kappa shape index (κ2) is 9.19. The lowest BCUT2D eigenvalue weighted by molar-refractivity contribution is -0.125. The van der Waals surface area contributed by atoms with Gasteiger partial charge in [0.05, 0.1) is 5.54 Å². The minimum atomic E-state index is -0.832. The summed E-state index contributed by atoms with van der Waals surface area (Å²) in [6.45, 7) is 4.81. The standard InChI is InChI=1S/C14H23N3O.2ClH/c1-14(2,15)13(18)16-9-11-6-5-7-12(8-11)10-17(3)4;;/h5-8H,9-10,15H2,1-4H3,(H,16,18);2*1H. The monoisotopic (exact) mass is 321 g/mol. The summed E-state index contributed by atoms with van der Waals surface area (Å²) in [5, 5.41) is 2.84. The van der Waals surface area contributed by atoms with Gasteiger partial charge in [-0.2, -0.15) is 0 Å². The van der Waals surface area contributed by atoms with Crippen LogP contribution in [0.2, 0.25) is 0 Å². The van der Waals surface area contributed by atoms with Gasteiger partial charge in [0, 0.05) is 13.1 Å². The molecule has 0 heterocycles. The maximum absolute atomic E-state index is 11.7. The molecular weight excluding hydrogens is 297 g/mol. The highest BCUT2D eigenvalue weighted by molar-refractivity contribution is 5.85. The van der Waals surface area contributed by atoms with E-state index in [1.807, 2.05) is 26.2 Å². The average molecular weight is 322 g/mol. The summed E-state index contributed by atoms with van der Waals surface area (Å²) < 4.78 is 0. The van der Waals surface area contributed by atoms with Crippen molar-refractivity contribution in [2.75, 3.05) is 14.1 Å². The molecule has 116 valence electrons. The van der Waals surface area contributed by atoms with Crippen molar-refractivity contribution in [1.82, 2.24) is 10.2 Å². The van der Waals surface area contributed by atoms with E-state index in [4.69, 9.17) is 5.73 Å². The Bertz CT molecular complexity index is 417. The number of nitrogens with one attached hydrogen (secondary N) is 1. The highest BCUT2D eigenvalue weighted by Gasteiger charge is 2.20. The Labute approximate surface area is 133 Å². The van der Waals surface area contributed by atoms with Crippen molar-refractivity contribution in [3.05, 3.63) is 35.4 Å². The van der Waals surface area contributed by atoms with Gasteiger partial charge in [-0.1, -0.05) is 24.3 Å². The third-order valence-corrected chi connectivity index (χ3v) is 2.53. The third-order valence-electron chi connectivity index (χ3n) is 2.53. The van der Waals surface area contributed by atoms with Gasteiger partial charge < -0.3 is 16.0 Å². The van der Waals surface area contributed by atoms with Crippen molar-refractivity contribution in [3.8, 4) is 0 Å². The second-order valence-corrected chi connectivity index (χ2v) is 5.46. The van der Waals surface area contributed by atoms with Crippen molar-refractivity contribution < 1.29 is 4.79 Å². The smallest absolute Gasteiger partial charge is 0.239 e. The zero-order chi connectivity index (χ0) is 13.8. The van der Waals surface area contributed by atoms with E-state index in [1.165, 1.54) is 5.56 Å². The largest absolute Gasteiger partial charge is 0.350 e. The van der Waals surface area contributed by atoms with Gasteiger partial charge in [-0.15, -0.1) is 24.8 Å². The average Bonchev–Trinajstić information content (AvgIpc) is 2.24. The molecule has 0 saturated heterocycles. The molecule has 4 nitrogen and oxygen atoms in total. The zero-order valence-electron chi connectivity index (χ0n) is 12.5. The lowest BCUT2D eigenvalue weighted by Gasteiger charge is -2.18. The lowest BCUT2D eigenvalue weighted by atomic mass is 10.1. The number of nitrogens with zero attached hydrogens (tertiary/aromatic N) is 1. The molecule has 0 aliphatic heterocycles. The summed E-state index contributed by atoms with van der Waals surface area (Å²) in [6, 6.07) is 8.19. The fourth-order valence-corrected chi connectivity index (χ4v) is 1.61. The highest BCUT2D eigenvalue weighted by Crippen LogP contribution is 2.07. The topological polar surface area (TPSA) is 58.4 Å². The molecule has 6 heteroatoms. The predicted molar refractivity (Wildman–Crippen MR) is 88.4 cm³/mol. The summed E-state index contributed by atoms with van der Waals surface area (Å²) in [7, 11) is 4.07. The molecule has 0 atom stereocenters. The molecule has 1 rings (SSSR count). The van der Waals surface area contributed by atoms with Crippen LogP contribution in [0.3, 0.4) is 0 Å². The number of halogens is 2. The van der Waals surface area contributed by atoms with Crippen LogP contribution in [0.4, 0.5) is 0 Å². The van der Waals surface area contributed by atoms with E-state index in [2.05, 4.69) is 22.3 Å². The number of amides is 1. The van der Waals surface area contributed by atoms with Crippen molar-refractivity contribution >= 4 is 30.7 Å². The Balaban J connectivity index is 0. The molecule has 0 saturated carbocycles. The van der Waals surface area contributed by atoms with Crippen LogP contribution in [-0.4, -0.2) is 30.4 Å². The Hall–Kier alpha value is -0.810. The van der Waals surface area contributed by atoms with Crippen LogP contribution in [-0.2, 0) is 17.9 Å². The van der Waals surface area contributed by atoms with Gasteiger partial charge in [-0.3, -0.25) is 4.79 Å². The molecule has 1 aromatic rings. The number of carbonyl (C=O) groups is 1. The molecular formula is C14H25Cl2N3O. The predicted octanol–water partition coefficient (Wildman–Crippen LogP) is 1.95. The van der Waals surface area contributed by atoms with Crippen LogP contribution in [0.25, 0.3) is 0 Å². The van der Waals surface area contributed by atoms with E-state index in [-0.39, 0.29) is 30.7 Å². The quantitative estimate of drug-likeness (QED) is 0.871. The molecule has 0 aliphatic rings. The first-order valence-electron chi connectivity index (χ1n) is 6.09. The molecule has 0 aliphatic carbocycles. The fourth-order valence-electron chi connectivity index (χ4n) is 1.61. The van der Waals surface area contributed by atoms with E-state index >= 15 is 0 Å². The lowest BCUT2D eigenvalue weighted by Crippen LogP contribution is -2.48. The number of rotatable bonds is 5. The van der Waals surface area contributed by atoms with E-state index < -0.39 is 5.54 Å². The minimum absolute atomic E-state index is 0. The van der Waals surface area contributed by atoms with Gasteiger partial charge in [-0.25, -0.2) is 0 Å². The molecule has 0 radical (unpaired) electrons. The van der Waals surface area contributed by atoms with Gasteiger partial charge in [0.25, 0.3) is 0 Å². The summed E-state index contributed by atoms with van der Waals surface area (Å²) in [5.41, 5.74) is 7.21. The van der Waals surface area contributed by atoms with Crippen molar-refractivity contribution in [2.45, 2.75) is 32.5 Å². The number of hydrogen-bond acceptors (Lipinski definition) is 3. The minimum Gasteiger partial charge on any atom is -0.350 e. The van der Waals surface area contributed by atoms with E-state index in [9.17, 15) is 4.79 Å². The first-order chi connectivity index (χ1) is 8.29. The van der Waals surface area contributed by atoms with Crippen LogP contribution in [0.15, 0.2) is 24.3 Å². The van der Waals surface area contributed by atoms with Gasteiger partial charge in [0.1, 0.15) is 0 Å². The Morgan fingerprint density at radius 3 is 2.30 bits per heavy atom. The number of nitrogens with two attached hydrogens (primary N) is 1. The first-order valence-corrected chi connectivity index (χ1v) is 6.09. The maximum Gasteiger partial charge on any atom is 0.239 e.